The smallest absolute Gasteiger partial charge is 0.264 e. The fourth-order valence-corrected chi connectivity index (χ4v) is 0.303. The van der Waals surface area contributed by atoms with E-state index in [0.29, 0.717) is 5.70 Å². The second-order valence-electron chi connectivity index (χ2n) is 1.90. The van der Waals surface area contributed by atoms with Gasteiger partial charge in [-0.15, -0.1) is 0 Å². The number of allylic oxidation sites excluding steroid dienone is 3. The third kappa shape index (κ3) is 3.54. The van der Waals surface area contributed by atoms with E-state index in [9.17, 15) is 4.79 Å². The average molecular weight is 141 g/mol. The number of carbonyl (C=O) groups excluding carboxylic acids is 1. The molecule has 0 unspecified atom stereocenters. The molecule has 0 aromatic heterocycles. The van der Waals surface area contributed by atoms with Crippen LogP contribution in [-0.4, -0.2) is 5.91 Å². The van der Waals surface area contributed by atoms with Crippen molar-refractivity contribution in [2.24, 2.45) is 17.2 Å². The van der Waals surface area contributed by atoms with Crippen LogP contribution in [0.25, 0.3) is 0 Å². The molecule has 1 amide bonds. The van der Waals surface area contributed by atoms with E-state index in [4.69, 9.17) is 17.2 Å². The number of amides is 1. The lowest BCUT2D eigenvalue weighted by Crippen LogP contribution is -2.19. The number of hydrogen-bond acceptors (Lipinski definition) is 3. The minimum atomic E-state index is -0.641. The van der Waals surface area contributed by atoms with Gasteiger partial charge < -0.3 is 17.2 Å². The lowest BCUT2D eigenvalue weighted by molar-refractivity contribution is -0.114. The first-order valence-corrected chi connectivity index (χ1v) is 2.73. The fourth-order valence-electron chi connectivity index (χ4n) is 0.303. The minimum Gasteiger partial charge on any atom is -0.402 e. The summed E-state index contributed by atoms with van der Waals surface area (Å²) in [4.78, 5) is 10.3. The molecule has 0 radical (unpaired) electrons. The van der Waals surface area contributed by atoms with E-state index in [2.05, 4.69) is 0 Å². The number of primary amides is 1. The van der Waals surface area contributed by atoms with Crippen LogP contribution in [0.3, 0.4) is 0 Å². The highest BCUT2D eigenvalue weighted by molar-refractivity contribution is 5.91. The third-order valence-corrected chi connectivity index (χ3v) is 0.810. The molecule has 10 heavy (non-hydrogen) atoms. The Bertz CT molecular complexity index is 189. The van der Waals surface area contributed by atoms with Gasteiger partial charge in [-0.2, -0.15) is 0 Å². The lowest BCUT2D eigenvalue weighted by atomic mass is 10.3. The summed E-state index contributed by atoms with van der Waals surface area (Å²) in [5, 5.41) is 0. The van der Waals surface area contributed by atoms with E-state index in [0.717, 1.165) is 0 Å². The summed E-state index contributed by atoms with van der Waals surface area (Å²) in [5.74, 6) is -0.641. The van der Waals surface area contributed by atoms with Gasteiger partial charge in [0.05, 0.1) is 5.70 Å². The second kappa shape index (κ2) is 3.55. The van der Waals surface area contributed by atoms with Gasteiger partial charge in [-0.1, -0.05) is 0 Å². The van der Waals surface area contributed by atoms with Crippen molar-refractivity contribution in [2.75, 3.05) is 0 Å². The van der Waals surface area contributed by atoms with Crippen LogP contribution < -0.4 is 17.2 Å². The summed E-state index contributed by atoms with van der Waals surface area (Å²) < 4.78 is 0. The molecule has 0 saturated carbocycles. The van der Waals surface area contributed by atoms with Crippen molar-refractivity contribution in [1.82, 2.24) is 0 Å². The van der Waals surface area contributed by atoms with E-state index in [1.165, 1.54) is 12.2 Å². The number of nitrogens with two attached hydrogens (primary N) is 3. The molecular formula is C6H11N3O. The van der Waals surface area contributed by atoms with Crippen molar-refractivity contribution in [3.05, 3.63) is 23.5 Å². The molecule has 56 valence electrons. The molecule has 0 saturated heterocycles. The van der Waals surface area contributed by atoms with Gasteiger partial charge in [0.1, 0.15) is 0 Å². The van der Waals surface area contributed by atoms with Crippen molar-refractivity contribution >= 4 is 5.91 Å². The van der Waals surface area contributed by atoms with Gasteiger partial charge in [0.25, 0.3) is 5.91 Å². The molecule has 0 bridgehead atoms. The number of hydrogen-bond donors (Lipinski definition) is 3. The Morgan fingerprint density at radius 1 is 1.20 bits per heavy atom. The van der Waals surface area contributed by atoms with Crippen LogP contribution in [0.5, 0.6) is 0 Å². The molecule has 0 atom stereocenters. The Morgan fingerprint density at radius 2 is 1.70 bits per heavy atom. The van der Waals surface area contributed by atoms with E-state index in [1.807, 2.05) is 0 Å². The topological polar surface area (TPSA) is 95.1 Å². The second-order valence-corrected chi connectivity index (χ2v) is 1.90. The molecule has 0 fully saturated rings. The lowest BCUT2D eigenvalue weighted by Gasteiger charge is -1.90. The monoisotopic (exact) mass is 141 g/mol. The zero-order valence-corrected chi connectivity index (χ0v) is 5.79. The van der Waals surface area contributed by atoms with Gasteiger partial charge in [-0.05, 0) is 19.1 Å². The first kappa shape index (κ1) is 8.55. The first-order valence-electron chi connectivity index (χ1n) is 2.73. The predicted octanol–water partition coefficient (Wildman–Crippen LogP) is -0.823. The number of rotatable bonds is 2. The summed E-state index contributed by atoms with van der Waals surface area (Å²) in [6.45, 7) is 1.69. The molecule has 4 heteroatoms. The van der Waals surface area contributed by atoms with E-state index in [1.54, 1.807) is 6.92 Å². The molecule has 0 aromatic rings. The Kier molecular flexibility index (Phi) is 3.04. The highest BCUT2D eigenvalue weighted by Gasteiger charge is 1.93. The summed E-state index contributed by atoms with van der Waals surface area (Å²) in [7, 11) is 0. The van der Waals surface area contributed by atoms with E-state index >= 15 is 0 Å². The molecule has 0 aliphatic carbocycles. The quantitative estimate of drug-likeness (QED) is 0.346. The van der Waals surface area contributed by atoms with Gasteiger partial charge >= 0.3 is 0 Å². The van der Waals surface area contributed by atoms with Gasteiger partial charge in [-0.25, -0.2) is 0 Å². The molecule has 0 rings (SSSR count). The van der Waals surface area contributed by atoms with Gasteiger partial charge in [0.15, 0.2) is 0 Å². The normalized spacial score (nSPS) is 13.3. The molecular weight excluding hydrogens is 130 g/mol. The van der Waals surface area contributed by atoms with Crippen LogP contribution in [0.1, 0.15) is 6.92 Å². The third-order valence-electron chi connectivity index (χ3n) is 0.810. The molecule has 0 heterocycles. The molecule has 0 spiro atoms. The number of carbonyl (C=O) groups is 1. The van der Waals surface area contributed by atoms with Crippen LogP contribution >= 0.6 is 0 Å². The summed E-state index contributed by atoms with van der Waals surface area (Å²) in [6, 6.07) is 0. The highest BCUT2D eigenvalue weighted by Crippen LogP contribution is 1.85. The Morgan fingerprint density at radius 3 is 2.00 bits per heavy atom. The maximum Gasteiger partial charge on any atom is 0.264 e. The highest BCUT2D eigenvalue weighted by atomic mass is 16.1. The molecule has 0 aromatic carbocycles. The maximum absolute atomic E-state index is 10.3. The predicted molar refractivity (Wildman–Crippen MR) is 39.4 cm³/mol. The standard InChI is InChI=1S/C6H11N3O/c1-4(7)2-3-5(8)6(9)10/h2-3H,7-8H2,1H3,(H2,9,10)/b4-2-,5-3-. The molecule has 4 nitrogen and oxygen atoms in total. The zero-order valence-electron chi connectivity index (χ0n) is 5.79. The summed E-state index contributed by atoms with van der Waals surface area (Å²) in [6.07, 6.45) is 2.89. The SMILES string of the molecule is C/C(N)=C/C=C(\N)C(N)=O. The van der Waals surface area contributed by atoms with Crippen molar-refractivity contribution in [3.8, 4) is 0 Å². The molecule has 6 N–H and O–H groups in total. The van der Waals surface area contributed by atoms with Crippen LogP contribution in [0.15, 0.2) is 23.5 Å². The van der Waals surface area contributed by atoms with Crippen molar-refractivity contribution < 1.29 is 4.79 Å². The van der Waals surface area contributed by atoms with Crippen LogP contribution in [-0.2, 0) is 4.79 Å². The van der Waals surface area contributed by atoms with Gasteiger partial charge in [-0.3, -0.25) is 4.79 Å². The zero-order chi connectivity index (χ0) is 8.15. The minimum absolute atomic E-state index is 0.00444. The summed E-state index contributed by atoms with van der Waals surface area (Å²) in [5.41, 5.74) is 15.8. The molecule has 0 aliphatic rings. The van der Waals surface area contributed by atoms with Gasteiger partial charge in [0, 0.05) is 5.70 Å². The van der Waals surface area contributed by atoms with E-state index < -0.39 is 5.91 Å². The Labute approximate surface area is 59.4 Å². The maximum atomic E-state index is 10.3. The van der Waals surface area contributed by atoms with Gasteiger partial charge in [0.2, 0.25) is 0 Å². The fraction of sp³-hybridized carbons (Fsp3) is 0.167. The summed E-state index contributed by atoms with van der Waals surface area (Å²) >= 11 is 0. The Hall–Kier alpha value is -1.45. The van der Waals surface area contributed by atoms with Crippen molar-refractivity contribution in [2.45, 2.75) is 6.92 Å². The Balaban J connectivity index is 4.19. The van der Waals surface area contributed by atoms with E-state index in [-0.39, 0.29) is 5.70 Å². The van der Waals surface area contributed by atoms with Crippen molar-refractivity contribution in [1.29, 1.82) is 0 Å². The molecule has 0 aliphatic heterocycles. The largest absolute Gasteiger partial charge is 0.402 e. The van der Waals surface area contributed by atoms with Crippen LogP contribution in [0, 0.1) is 0 Å². The van der Waals surface area contributed by atoms with Crippen molar-refractivity contribution in [3.63, 3.8) is 0 Å². The van der Waals surface area contributed by atoms with Crippen LogP contribution in [0.2, 0.25) is 0 Å². The average Bonchev–Trinajstić information content (AvgIpc) is 1.82. The first-order chi connectivity index (χ1) is 4.54. The van der Waals surface area contributed by atoms with Crippen LogP contribution in [0.4, 0.5) is 0 Å².